The highest BCUT2D eigenvalue weighted by Crippen LogP contribution is 2.22. The number of hydrogen-bond donors (Lipinski definition) is 1. The maximum absolute atomic E-state index is 10.7. The maximum atomic E-state index is 10.7. The first kappa shape index (κ1) is 8.44. The summed E-state index contributed by atoms with van der Waals surface area (Å²) in [6, 6.07) is 0. The van der Waals surface area contributed by atoms with Crippen molar-refractivity contribution in [3.8, 4) is 5.19 Å². The van der Waals surface area contributed by atoms with Gasteiger partial charge in [-0.1, -0.05) is 11.3 Å². The average molecular weight is 194 g/mol. The van der Waals surface area contributed by atoms with Crippen molar-refractivity contribution in [2.75, 3.05) is 7.11 Å². The maximum Gasteiger partial charge on any atom is 0.274 e. The van der Waals surface area contributed by atoms with E-state index in [9.17, 15) is 8.42 Å². The zero-order valence-corrected chi connectivity index (χ0v) is 7.28. The molecule has 1 rings (SSSR count). The summed E-state index contributed by atoms with van der Waals surface area (Å²) >= 11 is 0.894. The topological polar surface area (TPSA) is 82.3 Å². The Kier molecular flexibility index (Phi) is 2.12. The Labute approximate surface area is 67.9 Å². The molecule has 0 amide bonds. The van der Waals surface area contributed by atoms with Gasteiger partial charge >= 0.3 is 0 Å². The molecule has 11 heavy (non-hydrogen) atoms. The van der Waals surface area contributed by atoms with Crippen LogP contribution in [0.5, 0.6) is 5.19 Å². The lowest BCUT2D eigenvalue weighted by Gasteiger charge is -1.88. The molecule has 0 unspecified atom stereocenters. The molecule has 0 radical (unpaired) electrons. The van der Waals surface area contributed by atoms with Crippen LogP contribution in [0.4, 0.5) is 0 Å². The Hall–Kier alpha value is -0.660. The lowest BCUT2D eigenvalue weighted by atomic mass is 11.0. The SMILES string of the molecule is COc1ncc(S(N)(=O)=O)s1. The highest BCUT2D eigenvalue weighted by atomic mass is 32.2. The van der Waals surface area contributed by atoms with Crippen molar-refractivity contribution in [3.63, 3.8) is 0 Å². The van der Waals surface area contributed by atoms with Crippen molar-refractivity contribution in [2.24, 2.45) is 5.14 Å². The summed E-state index contributed by atoms with van der Waals surface area (Å²) in [5.41, 5.74) is 0. The van der Waals surface area contributed by atoms with Crippen LogP contribution in [0.2, 0.25) is 0 Å². The molecule has 0 spiro atoms. The molecule has 0 saturated heterocycles. The second-order valence-electron chi connectivity index (χ2n) is 1.69. The highest BCUT2D eigenvalue weighted by molar-refractivity contribution is 7.91. The van der Waals surface area contributed by atoms with Crippen LogP contribution in [0.1, 0.15) is 0 Å². The molecule has 0 aliphatic heterocycles. The number of nitrogens with two attached hydrogens (primary N) is 1. The van der Waals surface area contributed by atoms with Gasteiger partial charge < -0.3 is 4.74 Å². The van der Waals surface area contributed by atoms with E-state index in [4.69, 9.17) is 5.14 Å². The molecule has 0 saturated carbocycles. The summed E-state index contributed by atoms with van der Waals surface area (Å²) in [6.45, 7) is 0. The minimum Gasteiger partial charge on any atom is -0.473 e. The van der Waals surface area contributed by atoms with Crippen LogP contribution in [0.25, 0.3) is 0 Å². The predicted octanol–water partition coefficient (Wildman–Crippen LogP) is -0.201. The van der Waals surface area contributed by atoms with Crippen molar-refractivity contribution in [3.05, 3.63) is 6.20 Å². The van der Waals surface area contributed by atoms with E-state index in [2.05, 4.69) is 9.72 Å². The van der Waals surface area contributed by atoms with Gasteiger partial charge in [-0.3, -0.25) is 0 Å². The molecule has 0 atom stereocenters. The number of rotatable bonds is 2. The molecule has 0 aliphatic rings. The normalized spacial score (nSPS) is 11.5. The van der Waals surface area contributed by atoms with Crippen molar-refractivity contribution < 1.29 is 13.2 Å². The molecule has 0 aromatic carbocycles. The number of thiazole rings is 1. The Balaban J connectivity index is 3.09. The quantitative estimate of drug-likeness (QED) is 0.706. The lowest BCUT2D eigenvalue weighted by molar-refractivity contribution is 0.412. The van der Waals surface area contributed by atoms with Crippen LogP contribution in [0.15, 0.2) is 10.4 Å². The minimum atomic E-state index is -3.62. The highest BCUT2D eigenvalue weighted by Gasteiger charge is 2.12. The molecule has 5 nitrogen and oxygen atoms in total. The van der Waals surface area contributed by atoms with Gasteiger partial charge in [-0.15, -0.1) is 0 Å². The van der Waals surface area contributed by atoms with E-state index in [0.29, 0.717) is 0 Å². The van der Waals surface area contributed by atoms with E-state index >= 15 is 0 Å². The van der Waals surface area contributed by atoms with Crippen molar-refractivity contribution in [2.45, 2.75) is 4.21 Å². The molecule has 0 aliphatic carbocycles. The van der Waals surface area contributed by atoms with E-state index in [1.807, 2.05) is 0 Å². The van der Waals surface area contributed by atoms with Crippen LogP contribution >= 0.6 is 11.3 Å². The summed E-state index contributed by atoms with van der Waals surface area (Å²) in [7, 11) is -2.21. The number of primary sulfonamides is 1. The fourth-order valence-electron chi connectivity index (χ4n) is 0.470. The van der Waals surface area contributed by atoms with E-state index in [1.54, 1.807) is 0 Å². The number of hydrogen-bond acceptors (Lipinski definition) is 5. The fourth-order valence-corrected chi connectivity index (χ4v) is 1.81. The summed E-state index contributed by atoms with van der Waals surface area (Å²) in [6.07, 6.45) is 1.17. The molecule has 7 heteroatoms. The number of ether oxygens (including phenoxy) is 1. The van der Waals surface area contributed by atoms with E-state index in [0.717, 1.165) is 11.3 Å². The summed E-state index contributed by atoms with van der Waals surface area (Å²) in [4.78, 5) is 3.64. The third kappa shape index (κ3) is 1.88. The average Bonchev–Trinajstić information content (AvgIpc) is 2.32. The number of aromatic nitrogens is 1. The van der Waals surface area contributed by atoms with Crippen molar-refractivity contribution >= 4 is 21.4 Å². The van der Waals surface area contributed by atoms with Gasteiger partial charge in [0.2, 0.25) is 10.0 Å². The van der Waals surface area contributed by atoms with Crippen LogP contribution < -0.4 is 9.88 Å². The summed E-state index contributed by atoms with van der Waals surface area (Å²) < 4.78 is 26.0. The minimum absolute atomic E-state index is 0.00866. The molecule has 62 valence electrons. The van der Waals surface area contributed by atoms with Crippen molar-refractivity contribution in [1.82, 2.24) is 4.98 Å². The molecule has 1 aromatic rings. The third-order valence-corrected chi connectivity index (χ3v) is 3.28. The Morgan fingerprint density at radius 2 is 2.36 bits per heavy atom. The first-order valence-electron chi connectivity index (χ1n) is 2.56. The second-order valence-corrected chi connectivity index (χ2v) is 4.48. The van der Waals surface area contributed by atoms with Gasteiger partial charge in [-0.25, -0.2) is 18.5 Å². The smallest absolute Gasteiger partial charge is 0.274 e. The largest absolute Gasteiger partial charge is 0.473 e. The van der Waals surface area contributed by atoms with E-state index < -0.39 is 10.0 Å². The Bertz CT molecular complexity index is 342. The van der Waals surface area contributed by atoms with E-state index in [-0.39, 0.29) is 9.40 Å². The van der Waals surface area contributed by atoms with Gasteiger partial charge in [-0.05, 0) is 0 Å². The molecule has 0 fully saturated rings. The first-order chi connectivity index (χ1) is 5.04. The predicted molar refractivity (Wildman–Crippen MR) is 40.0 cm³/mol. The molecule has 1 heterocycles. The van der Waals surface area contributed by atoms with Gasteiger partial charge in [0.05, 0.1) is 13.3 Å². The third-order valence-electron chi connectivity index (χ3n) is 0.918. The molecular weight excluding hydrogens is 188 g/mol. The number of sulfonamides is 1. The fraction of sp³-hybridized carbons (Fsp3) is 0.250. The van der Waals surface area contributed by atoms with Crippen LogP contribution in [0.3, 0.4) is 0 Å². The van der Waals surface area contributed by atoms with Gasteiger partial charge in [0, 0.05) is 0 Å². The molecule has 2 N–H and O–H groups in total. The lowest BCUT2D eigenvalue weighted by Crippen LogP contribution is -2.09. The zero-order chi connectivity index (χ0) is 8.48. The summed E-state index contributed by atoms with van der Waals surface area (Å²) in [5.74, 6) is 0. The number of nitrogens with zero attached hydrogens (tertiary/aromatic N) is 1. The molecule has 0 bridgehead atoms. The standard InChI is InChI=1S/C4H6N2O3S2/c1-9-4-6-2-3(10-4)11(5,7)8/h2H,1H3,(H2,5,7,8). The van der Waals surface area contributed by atoms with Crippen LogP contribution in [-0.4, -0.2) is 20.5 Å². The number of methoxy groups -OCH3 is 1. The first-order valence-corrected chi connectivity index (χ1v) is 4.93. The Morgan fingerprint density at radius 3 is 2.64 bits per heavy atom. The van der Waals surface area contributed by atoms with Crippen LogP contribution in [-0.2, 0) is 10.0 Å². The monoisotopic (exact) mass is 194 g/mol. The molecular formula is C4H6N2O3S2. The van der Waals surface area contributed by atoms with Gasteiger partial charge in [-0.2, -0.15) is 0 Å². The molecule has 1 aromatic heterocycles. The van der Waals surface area contributed by atoms with Gasteiger partial charge in [0.15, 0.2) is 4.21 Å². The Morgan fingerprint density at radius 1 is 1.73 bits per heavy atom. The zero-order valence-electron chi connectivity index (χ0n) is 5.64. The van der Waals surface area contributed by atoms with Crippen molar-refractivity contribution in [1.29, 1.82) is 0 Å². The van der Waals surface area contributed by atoms with E-state index in [1.165, 1.54) is 13.3 Å². The second kappa shape index (κ2) is 2.76. The van der Waals surface area contributed by atoms with Gasteiger partial charge in [0.1, 0.15) is 0 Å². The summed E-state index contributed by atoms with van der Waals surface area (Å²) in [5, 5.41) is 5.10. The van der Waals surface area contributed by atoms with Gasteiger partial charge in [0.25, 0.3) is 5.19 Å². The van der Waals surface area contributed by atoms with Crippen LogP contribution in [0, 0.1) is 0 Å².